The van der Waals surface area contributed by atoms with Crippen LogP contribution in [0, 0.1) is 0 Å². The number of methoxy groups -OCH3 is 1. The fourth-order valence-electron chi connectivity index (χ4n) is 4.21. The van der Waals surface area contributed by atoms with Gasteiger partial charge in [0, 0.05) is 23.9 Å². The van der Waals surface area contributed by atoms with Gasteiger partial charge in [-0.05, 0) is 61.4 Å². The topological polar surface area (TPSA) is 51.6 Å². The van der Waals surface area contributed by atoms with E-state index >= 15 is 0 Å². The van der Waals surface area contributed by atoms with Gasteiger partial charge in [0.15, 0.2) is 11.5 Å². The second-order valence-electron chi connectivity index (χ2n) is 7.83. The third-order valence-corrected chi connectivity index (χ3v) is 6.51. The zero-order valence-electron chi connectivity index (χ0n) is 17.4. The standard InChI is InChI=1S/C25H25Cl2NO3/c1-30-24-11-10-16(12-25(24)31-17-6-2-3-7-17)19(18-8-4-5-9-23(18)29)13-20-21(26)14-28-15-22(20)27/h4-5,8-12,14-15,17,19,29H,2-3,6-7,13H2,1H3. The zero-order chi connectivity index (χ0) is 21.8. The van der Waals surface area contributed by atoms with Gasteiger partial charge in [0.1, 0.15) is 5.75 Å². The number of phenolic OH excluding ortho intramolecular Hbond substituents is 1. The first kappa shape index (κ1) is 21.8. The van der Waals surface area contributed by atoms with Gasteiger partial charge < -0.3 is 14.6 Å². The lowest BCUT2D eigenvalue weighted by Gasteiger charge is -2.23. The molecule has 3 aromatic rings. The second kappa shape index (κ2) is 9.80. The number of para-hydroxylation sites is 1. The molecule has 0 spiro atoms. The van der Waals surface area contributed by atoms with Crippen LogP contribution in [0.4, 0.5) is 0 Å². The van der Waals surface area contributed by atoms with E-state index in [0.29, 0.717) is 22.2 Å². The minimum absolute atomic E-state index is 0.185. The Hall–Kier alpha value is -2.43. The summed E-state index contributed by atoms with van der Waals surface area (Å²) in [6, 6.07) is 13.3. The van der Waals surface area contributed by atoms with Gasteiger partial charge >= 0.3 is 0 Å². The molecule has 1 aliphatic rings. The van der Waals surface area contributed by atoms with Crippen LogP contribution < -0.4 is 9.47 Å². The van der Waals surface area contributed by atoms with Crippen LogP contribution in [-0.2, 0) is 6.42 Å². The molecule has 0 aliphatic heterocycles. The summed E-state index contributed by atoms with van der Waals surface area (Å²) in [5.74, 6) is 1.46. The maximum Gasteiger partial charge on any atom is 0.161 e. The maximum absolute atomic E-state index is 10.6. The Bertz CT molecular complexity index is 1030. The smallest absolute Gasteiger partial charge is 0.161 e. The van der Waals surface area contributed by atoms with E-state index in [2.05, 4.69) is 4.98 Å². The number of rotatable bonds is 7. The van der Waals surface area contributed by atoms with E-state index in [9.17, 15) is 5.11 Å². The fourth-order valence-corrected chi connectivity index (χ4v) is 4.73. The van der Waals surface area contributed by atoms with Crippen molar-refractivity contribution in [2.75, 3.05) is 7.11 Å². The third-order valence-electron chi connectivity index (χ3n) is 5.86. The van der Waals surface area contributed by atoms with Crippen molar-refractivity contribution in [3.8, 4) is 17.2 Å². The fraction of sp³-hybridized carbons (Fsp3) is 0.320. The van der Waals surface area contributed by atoms with Gasteiger partial charge in [-0.3, -0.25) is 4.98 Å². The van der Waals surface area contributed by atoms with Crippen LogP contribution in [0.1, 0.15) is 48.3 Å². The van der Waals surface area contributed by atoms with E-state index in [4.69, 9.17) is 32.7 Å². The summed E-state index contributed by atoms with van der Waals surface area (Å²) >= 11 is 12.9. The Morgan fingerprint density at radius 2 is 1.74 bits per heavy atom. The molecule has 6 heteroatoms. The van der Waals surface area contributed by atoms with E-state index in [1.54, 1.807) is 25.6 Å². The predicted octanol–water partition coefficient (Wildman–Crippen LogP) is 6.80. The molecule has 162 valence electrons. The second-order valence-corrected chi connectivity index (χ2v) is 8.65. The number of hydrogen-bond acceptors (Lipinski definition) is 4. The number of benzene rings is 2. The Kier molecular flexibility index (Phi) is 6.89. The number of phenols is 1. The lowest BCUT2D eigenvalue weighted by atomic mass is 9.85. The molecule has 1 atom stereocenters. The first-order valence-corrected chi connectivity index (χ1v) is 11.2. The maximum atomic E-state index is 10.6. The van der Waals surface area contributed by atoms with E-state index in [1.165, 1.54) is 12.8 Å². The molecule has 2 aromatic carbocycles. The molecule has 1 aromatic heterocycles. The van der Waals surface area contributed by atoms with Crippen LogP contribution in [0.3, 0.4) is 0 Å². The summed E-state index contributed by atoms with van der Waals surface area (Å²) < 4.78 is 11.9. The molecule has 0 saturated heterocycles. The minimum atomic E-state index is -0.185. The van der Waals surface area contributed by atoms with Gasteiger partial charge in [-0.25, -0.2) is 0 Å². The van der Waals surface area contributed by atoms with Gasteiger partial charge in [-0.1, -0.05) is 47.5 Å². The number of halogens is 2. The average molecular weight is 458 g/mol. The van der Waals surface area contributed by atoms with Gasteiger partial charge in [-0.2, -0.15) is 0 Å². The highest BCUT2D eigenvalue weighted by Gasteiger charge is 2.24. The van der Waals surface area contributed by atoms with Crippen molar-refractivity contribution in [3.63, 3.8) is 0 Å². The van der Waals surface area contributed by atoms with Crippen LogP contribution in [0.5, 0.6) is 17.2 Å². The largest absolute Gasteiger partial charge is 0.508 e. The van der Waals surface area contributed by atoms with E-state index in [1.807, 2.05) is 36.4 Å². The number of hydrogen-bond donors (Lipinski definition) is 1. The van der Waals surface area contributed by atoms with Crippen LogP contribution in [-0.4, -0.2) is 23.3 Å². The summed E-state index contributed by atoms with van der Waals surface area (Å²) in [6.45, 7) is 0. The van der Waals surface area contributed by atoms with E-state index in [-0.39, 0.29) is 17.8 Å². The number of ether oxygens (including phenoxy) is 2. The van der Waals surface area contributed by atoms with Crippen LogP contribution in [0.15, 0.2) is 54.9 Å². The van der Waals surface area contributed by atoms with Crippen molar-refractivity contribution in [2.45, 2.75) is 44.1 Å². The molecule has 0 bridgehead atoms. The van der Waals surface area contributed by atoms with Crippen molar-refractivity contribution in [2.24, 2.45) is 0 Å². The first-order valence-electron chi connectivity index (χ1n) is 10.5. The zero-order valence-corrected chi connectivity index (χ0v) is 18.9. The van der Waals surface area contributed by atoms with Crippen LogP contribution >= 0.6 is 23.2 Å². The summed E-state index contributed by atoms with van der Waals surface area (Å²) in [4.78, 5) is 4.06. The number of pyridine rings is 1. The summed E-state index contributed by atoms with van der Waals surface area (Å²) in [5.41, 5.74) is 2.57. The monoisotopic (exact) mass is 457 g/mol. The summed E-state index contributed by atoms with van der Waals surface area (Å²) in [6.07, 6.45) is 8.38. The van der Waals surface area contributed by atoms with E-state index < -0.39 is 0 Å². The molecule has 4 rings (SSSR count). The Morgan fingerprint density at radius 3 is 2.42 bits per heavy atom. The lowest BCUT2D eigenvalue weighted by molar-refractivity contribution is 0.200. The molecule has 1 N–H and O–H groups in total. The molecular formula is C25H25Cl2NO3. The molecule has 4 nitrogen and oxygen atoms in total. The first-order chi connectivity index (χ1) is 15.1. The molecular weight excluding hydrogens is 433 g/mol. The Morgan fingerprint density at radius 1 is 1.03 bits per heavy atom. The van der Waals surface area contributed by atoms with Crippen molar-refractivity contribution in [1.82, 2.24) is 4.98 Å². The number of aromatic hydroxyl groups is 1. The number of aromatic nitrogens is 1. The molecule has 1 unspecified atom stereocenters. The normalized spacial score (nSPS) is 15.1. The molecule has 31 heavy (non-hydrogen) atoms. The summed E-state index contributed by atoms with van der Waals surface area (Å²) in [7, 11) is 1.65. The average Bonchev–Trinajstić information content (AvgIpc) is 3.27. The lowest BCUT2D eigenvalue weighted by Crippen LogP contribution is -2.13. The molecule has 1 aliphatic carbocycles. The molecule has 0 radical (unpaired) electrons. The third kappa shape index (κ3) is 4.91. The quantitative estimate of drug-likeness (QED) is 0.423. The molecule has 1 heterocycles. The highest BCUT2D eigenvalue weighted by Crippen LogP contribution is 2.41. The molecule has 0 amide bonds. The van der Waals surface area contributed by atoms with Crippen molar-refractivity contribution in [3.05, 3.63) is 81.6 Å². The van der Waals surface area contributed by atoms with Crippen LogP contribution in [0.25, 0.3) is 0 Å². The highest BCUT2D eigenvalue weighted by atomic mass is 35.5. The van der Waals surface area contributed by atoms with Gasteiger partial charge in [0.05, 0.1) is 23.3 Å². The number of nitrogens with zero attached hydrogens (tertiary/aromatic N) is 1. The van der Waals surface area contributed by atoms with Gasteiger partial charge in [0.2, 0.25) is 0 Å². The van der Waals surface area contributed by atoms with Gasteiger partial charge in [-0.15, -0.1) is 0 Å². The minimum Gasteiger partial charge on any atom is -0.508 e. The predicted molar refractivity (Wildman–Crippen MR) is 124 cm³/mol. The van der Waals surface area contributed by atoms with Crippen molar-refractivity contribution >= 4 is 23.2 Å². The highest BCUT2D eigenvalue weighted by molar-refractivity contribution is 6.35. The van der Waals surface area contributed by atoms with E-state index in [0.717, 1.165) is 35.3 Å². The van der Waals surface area contributed by atoms with Crippen LogP contribution in [0.2, 0.25) is 10.0 Å². The summed E-state index contributed by atoms with van der Waals surface area (Å²) in [5, 5.41) is 11.6. The molecule has 1 saturated carbocycles. The SMILES string of the molecule is COc1ccc(C(Cc2c(Cl)cncc2Cl)c2ccccc2O)cc1OC1CCCC1. The molecule has 1 fully saturated rings. The Labute approximate surface area is 192 Å². The van der Waals surface area contributed by atoms with Gasteiger partial charge in [0.25, 0.3) is 0 Å². The Balaban J connectivity index is 1.77. The van der Waals surface area contributed by atoms with Crippen molar-refractivity contribution in [1.29, 1.82) is 0 Å². The van der Waals surface area contributed by atoms with Crippen molar-refractivity contribution < 1.29 is 14.6 Å².